The molecule has 108 valence electrons. The van der Waals surface area contributed by atoms with Crippen molar-refractivity contribution in [2.75, 3.05) is 0 Å². The zero-order chi connectivity index (χ0) is 15.2. The third kappa shape index (κ3) is 5.11. The maximum Gasteiger partial charge on any atom is 0.141 e. The molecule has 1 aromatic rings. The number of aliphatic hydroxyl groups is 1. The highest BCUT2D eigenvalue weighted by atomic mass is 79.9. The molecule has 0 saturated heterocycles. The molecule has 0 radical (unpaired) electrons. The van der Waals surface area contributed by atoms with Gasteiger partial charge in [-0.05, 0) is 38.0 Å². The van der Waals surface area contributed by atoms with Crippen molar-refractivity contribution in [1.82, 2.24) is 0 Å². The van der Waals surface area contributed by atoms with Crippen molar-refractivity contribution < 1.29 is 9.90 Å². The van der Waals surface area contributed by atoms with Crippen LogP contribution in [0.5, 0.6) is 0 Å². The van der Waals surface area contributed by atoms with Crippen LogP contribution in [0, 0.1) is 11.8 Å². The number of rotatable bonds is 5. The van der Waals surface area contributed by atoms with Gasteiger partial charge in [0.1, 0.15) is 5.78 Å². The maximum absolute atomic E-state index is 11.0. The van der Waals surface area contributed by atoms with Crippen molar-refractivity contribution in [1.29, 1.82) is 0 Å². The monoisotopic (exact) mass is 336 g/mol. The van der Waals surface area contributed by atoms with Gasteiger partial charge in [-0.25, -0.2) is 0 Å². The summed E-state index contributed by atoms with van der Waals surface area (Å²) in [5, 5.41) is 10.7. The molecule has 2 nitrogen and oxygen atoms in total. The Hall–Kier alpha value is -1.11. The average Bonchev–Trinajstić information content (AvgIpc) is 2.35. The molecule has 1 rings (SSSR count). The molecule has 0 spiro atoms. The van der Waals surface area contributed by atoms with Gasteiger partial charge in [0, 0.05) is 4.47 Å². The first kappa shape index (κ1) is 16.9. The average molecular weight is 337 g/mol. The van der Waals surface area contributed by atoms with E-state index in [1.165, 1.54) is 6.92 Å². The lowest BCUT2D eigenvalue weighted by Gasteiger charge is -2.29. The number of carbonyl (C=O) groups is 1. The van der Waals surface area contributed by atoms with Crippen LogP contribution in [0.25, 0.3) is 0 Å². The van der Waals surface area contributed by atoms with Gasteiger partial charge in [0.25, 0.3) is 0 Å². The Kier molecular flexibility index (Phi) is 6.45. The lowest BCUT2D eigenvalue weighted by Crippen LogP contribution is -2.32. The zero-order valence-electron chi connectivity index (χ0n) is 12.2. The van der Waals surface area contributed by atoms with Crippen molar-refractivity contribution in [3.05, 3.63) is 34.3 Å². The predicted octanol–water partition coefficient (Wildman–Crippen LogP) is 4.07. The number of carbonyl (C=O) groups excluding carboxylic acids is 1. The molecule has 20 heavy (non-hydrogen) atoms. The van der Waals surface area contributed by atoms with Gasteiger partial charge in [-0.3, -0.25) is 4.79 Å². The van der Waals surface area contributed by atoms with Gasteiger partial charge in [0.2, 0.25) is 0 Å². The molecular formula is C17H21BrO2. The summed E-state index contributed by atoms with van der Waals surface area (Å²) in [6.45, 7) is 5.37. The van der Waals surface area contributed by atoms with Crippen LogP contribution < -0.4 is 0 Å². The molecule has 2 atom stereocenters. The fourth-order valence-corrected chi connectivity index (χ4v) is 2.45. The molecule has 1 N–H and O–H groups in total. The Labute approximate surface area is 129 Å². The molecular weight excluding hydrogens is 316 g/mol. The summed E-state index contributed by atoms with van der Waals surface area (Å²) in [4.78, 5) is 11.0. The maximum atomic E-state index is 11.0. The highest BCUT2D eigenvalue weighted by Gasteiger charge is 2.30. The molecule has 0 bridgehead atoms. The highest BCUT2D eigenvalue weighted by Crippen LogP contribution is 2.32. The molecule has 2 unspecified atom stereocenters. The van der Waals surface area contributed by atoms with Gasteiger partial charge in [-0.2, -0.15) is 0 Å². The van der Waals surface area contributed by atoms with Crippen LogP contribution >= 0.6 is 15.9 Å². The first-order chi connectivity index (χ1) is 9.36. The molecule has 0 fully saturated rings. The minimum Gasteiger partial charge on any atom is -0.389 e. The summed E-state index contributed by atoms with van der Waals surface area (Å²) in [5.41, 5.74) is 0.0783. The molecule has 0 saturated carbocycles. The molecule has 0 aliphatic heterocycles. The van der Waals surface area contributed by atoms with Gasteiger partial charge in [-0.1, -0.05) is 53.2 Å². The van der Waals surface area contributed by atoms with E-state index in [2.05, 4.69) is 27.8 Å². The first-order valence-electron chi connectivity index (χ1n) is 6.82. The van der Waals surface area contributed by atoms with Gasteiger partial charge in [0.15, 0.2) is 0 Å². The van der Waals surface area contributed by atoms with Crippen molar-refractivity contribution in [3.8, 4) is 11.8 Å². The topological polar surface area (TPSA) is 37.3 Å². The largest absolute Gasteiger partial charge is 0.389 e. The normalized spacial score (nSPS) is 14.8. The predicted molar refractivity (Wildman–Crippen MR) is 85.5 cm³/mol. The summed E-state index contributed by atoms with van der Waals surface area (Å²) >= 11 is 3.40. The fourth-order valence-electron chi connectivity index (χ4n) is 2.18. The van der Waals surface area contributed by atoms with Gasteiger partial charge < -0.3 is 5.11 Å². The summed E-state index contributed by atoms with van der Waals surface area (Å²) in [6.07, 6.45) is 1.78. The van der Waals surface area contributed by atoms with Gasteiger partial charge in [0.05, 0.1) is 17.9 Å². The minimum absolute atomic E-state index is 0.0437. The van der Waals surface area contributed by atoms with Crippen molar-refractivity contribution in [2.24, 2.45) is 0 Å². The SMILES string of the molecule is CCCC(C)(O)C(C#CCC(C)=O)c1ccc(Br)cc1. The van der Waals surface area contributed by atoms with E-state index in [0.717, 1.165) is 16.5 Å². The summed E-state index contributed by atoms with van der Waals surface area (Å²) in [5.74, 6) is 5.73. The van der Waals surface area contributed by atoms with E-state index in [4.69, 9.17) is 0 Å². The third-order valence-corrected chi connectivity index (χ3v) is 3.69. The first-order valence-corrected chi connectivity index (χ1v) is 7.61. The smallest absolute Gasteiger partial charge is 0.141 e. The zero-order valence-corrected chi connectivity index (χ0v) is 13.8. The van der Waals surface area contributed by atoms with E-state index in [-0.39, 0.29) is 18.1 Å². The fraction of sp³-hybridized carbons (Fsp3) is 0.471. The van der Waals surface area contributed by atoms with Crippen LogP contribution in [0.3, 0.4) is 0 Å². The van der Waals surface area contributed by atoms with Crippen molar-refractivity contribution in [2.45, 2.75) is 51.6 Å². The third-order valence-electron chi connectivity index (χ3n) is 3.17. The van der Waals surface area contributed by atoms with Crippen molar-refractivity contribution >= 4 is 21.7 Å². The highest BCUT2D eigenvalue weighted by molar-refractivity contribution is 9.10. The second-order valence-electron chi connectivity index (χ2n) is 5.29. The van der Waals surface area contributed by atoms with E-state index in [9.17, 15) is 9.90 Å². The molecule has 0 heterocycles. The number of hydrogen-bond acceptors (Lipinski definition) is 2. The Morgan fingerprint density at radius 1 is 1.40 bits per heavy atom. The van der Waals surface area contributed by atoms with E-state index < -0.39 is 5.60 Å². The van der Waals surface area contributed by atoms with Crippen LogP contribution in [-0.4, -0.2) is 16.5 Å². The quantitative estimate of drug-likeness (QED) is 0.823. The van der Waals surface area contributed by atoms with E-state index in [1.807, 2.05) is 38.1 Å². The van der Waals surface area contributed by atoms with Crippen molar-refractivity contribution in [3.63, 3.8) is 0 Å². The van der Waals surface area contributed by atoms with E-state index >= 15 is 0 Å². The second-order valence-corrected chi connectivity index (χ2v) is 6.21. The summed E-state index contributed by atoms with van der Waals surface area (Å²) in [6, 6.07) is 7.80. The number of benzene rings is 1. The number of Topliss-reactive ketones (excluding diaryl/α,β-unsaturated/α-hetero) is 1. The Balaban J connectivity index is 3.08. The Bertz CT molecular complexity index is 506. The van der Waals surface area contributed by atoms with E-state index in [0.29, 0.717) is 6.42 Å². The van der Waals surface area contributed by atoms with Crippen LogP contribution in [0.4, 0.5) is 0 Å². The van der Waals surface area contributed by atoms with Gasteiger partial charge in [-0.15, -0.1) is 0 Å². The number of hydrogen-bond donors (Lipinski definition) is 1. The molecule has 1 aromatic carbocycles. The second kappa shape index (κ2) is 7.61. The van der Waals surface area contributed by atoms with E-state index in [1.54, 1.807) is 0 Å². The van der Waals surface area contributed by atoms with Crippen LogP contribution in [-0.2, 0) is 4.79 Å². The lowest BCUT2D eigenvalue weighted by atomic mass is 9.81. The Morgan fingerprint density at radius 3 is 2.50 bits per heavy atom. The Morgan fingerprint density at radius 2 is 2.00 bits per heavy atom. The molecule has 0 aliphatic carbocycles. The van der Waals surface area contributed by atoms with Crippen LogP contribution in [0.1, 0.15) is 51.5 Å². The van der Waals surface area contributed by atoms with Gasteiger partial charge >= 0.3 is 0 Å². The minimum atomic E-state index is -0.896. The summed E-state index contributed by atoms with van der Waals surface area (Å²) in [7, 11) is 0. The van der Waals surface area contributed by atoms with Crippen LogP contribution in [0.2, 0.25) is 0 Å². The number of ketones is 1. The molecule has 3 heteroatoms. The lowest BCUT2D eigenvalue weighted by molar-refractivity contribution is -0.116. The summed E-state index contributed by atoms with van der Waals surface area (Å²) < 4.78 is 0.992. The number of halogens is 1. The standard InChI is InChI=1S/C17H21BrO2/c1-4-12-17(3,20)16(7-5-6-13(2)19)14-8-10-15(18)11-9-14/h8-11,16,20H,4,6,12H2,1-3H3. The van der Waals surface area contributed by atoms with Crippen LogP contribution in [0.15, 0.2) is 28.7 Å². The molecule has 0 amide bonds. The molecule has 0 aromatic heterocycles. The molecule has 0 aliphatic rings.